The number of ether oxygens (including phenoxy) is 4. The fourth-order valence-corrected chi connectivity index (χ4v) is 5.40. The van der Waals surface area contributed by atoms with Gasteiger partial charge in [0.25, 0.3) is 0 Å². The number of aliphatic hydroxyl groups excluding tert-OH is 6. The molecule has 0 aromatic carbocycles. The number of rotatable bonds is 8. The van der Waals surface area contributed by atoms with Crippen molar-refractivity contribution in [1.29, 1.82) is 0 Å². The lowest BCUT2D eigenvalue weighted by Crippen LogP contribution is -2.71. The number of hydrogen-bond acceptors (Lipinski definition) is 15. The lowest BCUT2D eigenvalue weighted by molar-refractivity contribution is -0.318. The maximum atomic E-state index is 11.1. The van der Waals surface area contributed by atoms with Crippen molar-refractivity contribution in [2.75, 3.05) is 0 Å². The predicted octanol–water partition coefficient (Wildman–Crippen LogP) is -4.08. The van der Waals surface area contributed by atoms with Crippen molar-refractivity contribution in [3.63, 3.8) is 0 Å². The van der Waals surface area contributed by atoms with Crippen LogP contribution in [0.15, 0.2) is 4.36 Å². The molecule has 3 rings (SSSR count). The summed E-state index contributed by atoms with van der Waals surface area (Å²) in [4.78, 5) is 0. The van der Waals surface area contributed by atoms with Crippen LogP contribution in [0.4, 0.5) is 0 Å². The molecule has 2 heterocycles. The van der Waals surface area contributed by atoms with E-state index in [0.29, 0.717) is 0 Å². The second kappa shape index (κ2) is 11.9. The summed E-state index contributed by atoms with van der Waals surface area (Å²) in [5.41, 5.74) is 17.5. The normalized spacial score (nSPS) is 51.4. The van der Waals surface area contributed by atoms with Crippen LogP contribution >= 0.6 is 0 Å². The van der Waals surface area contributed by atoms with Crippen molar-refractivity contribution in [2.24, 2.45) is 27.5 Å². The third-order valence-electron chi connectivity index (χ3n) is 7.85. The van der Waals surface area contributed by atoms with E-state index in [1.807, 2.05) is 0 Å². The van der Waals surface area contributed by atoms with Gasteiger partial charge >= 0.3 is 0 Å². The standard InChI is InChI=1S/C22H42N4O10S/c1-6(7(2)26-37)15-13(30)14(31)21(33-15)36-18-17(9(23)5-22(4,25)19(18)32)35-20-10(24)11(28)12(29)16(34-20)8(3)27/h6-21,27-32H,5,23-25H2,1-4H3. The molecule has 2 saturated heterocycles. The van der Waals surface area contributed by atoms with Crippen LogP contribution in [0.1, 0.15) is 34.1 Å². The van der Waals surface area contributed by atoms with E-state index in [1.54, 1.807) is 20.8 Å². The van der Waals surface area contributed by atoms with Crippen molar-refractivity contribution in [3.05, 3.63) is 0 Å². The minimum absolute atomic E-state index is 0.0971. The van der Waals surface area contributed by atoms with Gasteiger partial charge in [0.05, 0.1) is 24.3 Å². The van der Waals surface area contributed by atoms with E-state index in [4.69, 9.17) is 48.6 Å². The molecule has 37 heavy (non-hydrogen) atoms. The molecule has 3 fully saturated rings. The molecule has 15 heteroatoms. The minimum Gasteiger partial charge on any atom is -0.391 e. The van der Waals surface area contributed by atoms with Crippen LogP contribution in [0.2, 0.25) is 0 Å². The largest absolute Gasteiger partial charge is 0.391 e. The highest BCUT2D eigenvalue weighted by Gasteiger charge is 2.55. The van der Waals surface area contributed by atoms with Gasteiger partial charge in [0.1, 0.15) is 48.8 Å². The molecule has 17 unspecified atom stereocenters. The number of aliphatic hydroxyl groups is 6. The van der Waals surface area contributed by atoms with E-state index in [-0.39, 0.29) is 18.4 Å². The van der Waals surface area contributed by atoms with Gasteiger partial charge in [-0.1, -0.05) is 6.92 Å². The van der Waals surface area contributed by atoms with E-state index in [0.717, 1.165) is 0 Å². The highest BCUT2D eigenvalue weighted by Crippen LogP contribution is 2.37. The lowest BCUT2D eigenvalue weighted by atomic mass is 9.75. The van der Waals surface area contributed by atoms with Crippen molar-refractivity contribution in [1.82, 2.24) is 0 Å². The van der Waals surface area contributed by atoms with E-state index >= 15 is 0 Å². The molecule has 14 nitrogen and oxygen atoms in total. The van der Waals surface area contributed by atoms with Crippen molar-refractivity contribution in [3.8, 4) is 0 Å². The molecule has 0 aromatic rings. The van der Waals surface area contributed by atoms with Crippen LogP contribution in [0.3, 0.4) is 0 Å². The minimum atomic E-state index is -1.49. The van der Waals surface area contributed by atoms with Gasteiger partial charge < -0.3 is 66.8 Å². The molecule has 0 aromatic heterocycles. The summed E-state index contributed by atoms with van der Waals surface area (Å²) in [6.07, 6.45) is -15.4. The van der Waals surface area contributed by atoms with Gasteiger partial charge in [-0.25, -0.2) is 4.36 Å². The van der Waals surface area contributed by atoms with Gasteiger partial charge in [-0.2, -0.15) is 0 Å². The Balaban J connectivity index is 1.84. The molecule has 12 N–H and O–H groups in total. The Labute approximate surface area is 221 Å². The molecule has 0 bridgehead atoms. The zero-order valence-electron chi connectivity index (χ0n) is 21.3. The summed E-state index contributed by atoms with van der Waals surface area (Å²) in [7, 11) is 0. The number of nitrogens with two attached hydrogens (primary N) is 3. The topological polar surface area (TPSA) is 249 Å². The molecule has 0 spiro atoms. The molecule has 1 aliphatic carbocycles. The van der Waals surface area contributed by atoms with Crippen molar-refractivity contribution < 1.29 is 49.6 Å². The second-order valence-electron chi connectivity index (χ2n) is 10.9. The fourth-order valence-electron chi connectivity index (χ4n) is 5.20. The summed E-state index contributed by atoms with van der Waals surface area (Å²) in [6, 6.07) is -2.41. The molecule has 2 aliphatic heterocycles. The zero-order chi connectivity index (χ0) is 28.0. The quantitative estimate of drug-likeness (QED) is 0.138. The Morgan fingerprint density at radius 3 is 2.00 bits per heavy atom. The van der Waals surface area contributed by atoms with Gasteiger partial charge in [-0.05, 0) is 27.2 Å². The molecular weight excluding hydrogens is 512 g/mol. The second-order valence-corrected chi connectivity index (χ2v) is 11.2. The van der Waals surface area contributed by atoms with Crippen molar-refractivity contribution >= 4 is 12.4 Å². The van der Waals surface area contributed by atoms with E-state index in [2.05, 4.69) is 4.36 Å². The zero-order valence-corrected chi connectivity index (χ0v) is 22.2. The SMILES string of the molecule is CC(O)C1OC(OC2C(N)CC(C)(N)C(O)C2OC2OC(C(C)C(C)N=S)C(O)C2O)C(N)C(O)C1O. The van der Waals surface area contributed by atoms with E-state index < -0.39 is 91.2 Å². The third-order valence-corrected chi connectivity index (χ3v) is 8.19. The summed E-state index contributed by atoms with van der Waals surface area (Å²) in [6.45, 7) is 6.46. The van der Waals surface area contributed by atoms with Crippen LogP contribution in [0, 0.1) is 5.92 Å². The number of nitrogens with zero attached hydrogens (tertiary/aromatic N) is 1. The summed E-state index contributed by atoms with van der Waals surface area (Å²) in [5.74, 6) is -0.361. The maximum Gasteiger partial charge on any atom is 0.187 e. The van der Waals surface area contributed by atoms with Gasteiger partial charge in [-0.15, -0.1) is 0 Å². The van der Waals surface area contributed by atoms with Crippen LogP contribution in [-0.4, -0.2) is 128 Å². The first kappa shape index (κ1) is 31.0. The lowest BCUT2D eigenvalue weighted by Gasteiger charge is -2.50. The van der Waals surface area contributed by atoms with Crippen LogP contribution in [-0.2, 0) is 31.4 Å². The van der Waals surface area contributed by atoms with Gasteiger partial charge in [0.15, 0.2) is 12.6 Å². The summed E-state index contributed by atoms with van der Waals surface area (Å²) >= 11 is 4.76. The summed E-state index contributed by atoms with van der Waals surface area (Å²) < 4.78 is 27.2. The molecule has 3 aliphatic rings. The van der Waals surface area contributed by atoms with Gasteiger partial charge in [0.2, 0.25) is 0 Å². The van der Waals surface area contributed by atoms with Crippen LogP contribution in [0.25, 0.3) is 0 Å². The highest BCUT2D eigenvalue weighted by atomic mass is 32.1. The monoisotopic (exact) mass is 554 g/mol. The van der Waals surface area contributed by atoms with Crippen LogP contribution < -0.4 is 17.2 Å². The van der Waals surface area contributed by atoms with E-state index in [1.165, 1.54) is 6.92 Å². The predicted molar refractivity (Wildman–Crippen MR) is 130 cm³/mol. The fraction of sp³-hybridized carbons (Fsp3) is 1.00. The Morgan fingerprint density at radius 1 is 0.892 bits per heavy atom. The van der Waals surface area contributed by atoms with Gasteiger partial charge in [-0.3, -0.25) is 0 Å². The Bertz CT molecular complexity index is 784. The average molecular weight is 555 g/mol. The molecule has 0 amide bonds. The average Bonchev–Trinajstić information content (AvgIpc) is 3.11. The highest BCUT2D eigenvalue weighted by molar-refractivity contribution is 7.47. The molecule has 216 valence electrons. The smallest absolute Gasteiger partial charge is 0.187 e. The maximum absolute atomic E-state index is 11.1. The molecule has 0 radical (unpaired) electrons. The van der Waals surface area contributed by atoms with E-state index in [9.17, 15) is 30.6 Å². The first-order valence-electron chi connectivity index (χ1n) is 12.4. The number of hydrogen-bond donors (Lipinski definition) is 9. The van der Waals surface area contributed by atoms with Crippen molar-refractivity contribution in [2.45, 2.75) is 131 Å². The first-order valence-corrected chi connectivity index (χ1v) is 12.8. The Hall–Kier alpha value is -0.500. The van der Waals surface area contributed by atoms with Gasteiger partial charge in [0, 0.05) is 29.9 Å². The first-order chi connectivity index (χ1) is 17.1. The summed E-state index contributed by atoms with van der Waals surface area (Å²) in [5, 5.41) is 63.0. The Morgan fingerprint density at radius 2 is 1.43 bits per heavy atom. The molecule has 17 atom stereocenters. The Kier molecular flexibility index (Phi) is 10.0. The third kappa shape index (κ3) is 6.15. The molecular formula is C22H42N4O10S. The van der Waals surface area contributed by atoms with Crippen LogP contribution in [0.5, 0.6) is 0 Å². The molecule has 1 saturated carbocycles.